The molecule has 3 aromatic heterocycles. The van der Waals surface area contributed by atoms with Crippen LogP contribution in [-0.2, 0) is 11.3 Å². The lowest BCUT2D eigenvalue weighted by atomic mass is 10.1. The van der Waals surface area contributed by atoms with E-state index in [-0.39, 0.29) is 24.2 Å². The molecule has 4 heterocycles. The molecule has 0 N–H and O–H groups in total. The highest BCUT2D eigenvalue weighted by Gasteiger charge is 2.24. The largest absolute Gasteiger partial charge is 0.486 e. The first-order valence-corrected chi connectivity index (χ1v) is 11.9. The molecule has 1 aliphatic heterocycles. The number of fused-ring (bicyclic) bond motifs is 1. The Kier molecular flexibility index (Phi) is 6.28. The van der Waals surface area contributed by atoms with E-state index in [0.29, 0.717) is 35.3 Å². The van der Waals surface area contributed by atoms with Crippen LogP contribution in [0.4, 0.5) is 0 Å². The third-order valence-corrected chi connectivity index (χ3v) is 6.47. The Morgan fingerprint density at radius 1 is 1.14 bits per heavy atom. The topological polar surface area (TPSA) is 105 Å². The highest BCUT2D eigenvalue weighted by atomic mass is 32.1. The van der Waals surface area contributed by atoms with E-state index < -0.39 is 5.97 Å². The van der Waals surface area contributed by atoms with Gasteiger partial charge in [0.1, 0.15) is 6.61 Å². The molecular formula is C25H22N4O5S. The van der Waals surface area contributed by atoms with Crippen LogP contribution in [0.1, 0.15) is 32.2 Å². The Balaban J connectivity index is 1.22. The second-order valence-electron chi connectivity index (χ2n) is 8.00. The summed E-state index contributed by atoms with van der Waals surface area (Å²) in [7, 11) is 0. The molecule has 1 aliphatic rings. The molecule has 9 nitrogen and oxygen atoms in total. The average Bonchev–Trinajstić information content (AvgIpc) is 3.49. The summed E-state index contributed by atoms with van der Waals surface area (Å²) in [5.41, 5.74) is 2.31. The number of hydrogen-bond donors (Lipinski definition) is 0. The Labute approximate surface area is 205 Å². The first-order chi connectivity index (χ1) is 17.0. The van der Waals surface area contributed by atoms with Gasteiger partial charge in [0.05, 0.1) is 6.54 Å². The maximum atomic E-state index is 12.9. The number of esters is 1. The van der Waals surface area contributed by atoms with Gasteiger partial charge < -0.3 is 18.8 Å². The molecule has 0 bridgehead atoms. The van der Waals surface area contributed by atoms with Gasteiger partial charge >= 0.3 is 5.97 Å². The van der Waals surface area contributed by atoms with E-state index in [0.717, 1.165) is 17.1 Å². The van der Waals surface area contributed by atoms with Crippen LogP contribution in [0.5, 0.6) is 11.5 Å². The summed E-state index contributed by atoms with van der Waals surface area (Å²) in [6.45, 7) is 4.36. The van der Waals surface area contributed by atoms with E-state index in [9.17, 15) is 9.59 Å². The maximum Gasteiger partial charge on any atom is 0.358 e. The number of rotatable bonds is 7. The van der Waals surface area contributed by atoms with Crippen LogP contribution in [0, 0.1) is 13.8 Å². The van der Waals surface area contributed by atoms with Gasteiger partial charge in [-0.15, -0.1) is 11.3 Å². The Hall–Kier alpha value is -4.05. The van der Waals surface area contributed by atoms with Crippen molar-refractivity contribution in [3.8, 4) is 22.3 Å². The van der Waals surface area contributed by atoms with Crippen LogP contribution in [0.15, 0.2) is 54.2 Å². The van der Waals surface area contributed by atoms with Gasteiger partial charge in [0.25, 0.3) is 0 Å². The molecule has 5 rings (SSSR count). The molecule has 178 valence electrons. The van der Waals surface area contributed by atoms with Crippen LogP contribution in [0.3, 0.4) is 0 Å². The fourth-order valence-corrected chi connectivity index (χ4v) is 4.62. The minimum Gasteiger partial charge on any atom is -0.486 e. The predicted molar refractivity (Wildman–Crippen MR) is 128 cm³/mol. The molecule has 35 heavy (non-hydrogen) atoms. The molecule has 0 spiro atoms. The van der Waals surface area contributed by atoms with Gasteiger partial charge in [-0.05, 0) is 38.1 Å². The summed E-state index contributed by atoms with van der Waals surface area (Å²) in [6.07, 6.45) is 3.01. The van der Waals surface area contributed by atoms with Crippen molar-refractivity contribution in [2.24, 2.45) is 0 Å². The fourth-order valence-electron chi connectivity index (χ4n) is 3.88. The van der Waals surface area contributed by atoms with E-state index in [4.69, 9.17) is 14.2 Å². The lowest BCUT2D eigenvalue weighted by molar-refractivity contribution is 0.0469. The Bertz CT molecular complexity index is 1380. The number of carbonyl (C=O) groups is 2. The lowest BCUT2D eigenvalue weighted by Crippen LogP contribution is -2.33. The highest BCUT2D eigenvalue weighted by Crippen LogP contribution is 2.31. The number of hydrogen-bond acceptors (Lipinski definition) is 9. The summed E-state index contributed by atoms with van der Waals surface area (Å²) < 4.78 is 19.1. The number of nitrogens with zero attached hydrogens (tertiary/aromatic N) is 4. The second kappa shape index (κ2) is 9.67. The monoisotopic (exact) mass is 490 g/mol. The van der Waals surface area contributed by atoms with Crippen molar-refractivity contribution < 1.29 is 23.8 Å². The molecule has 0 aliphatic carbocycles. The van der Waals surface area contributed by atoms with E-state index >= 15 is 0 Å². The molecule has 10 heteroatoms. The summed E-state index contributed by atoms with van der Waals surface area (Å²) >= 11 is 1.23. The molecule has 1 unspecified atom stereocenters. The summed E-state index contributed by atoms with van der Waals surface area (Å²) in [4.78, 5) is 37.8. The lowest BCUT2D eigenvalue weighted by Gasteiger charge is -2.27. The highest BCUT2D eigenvalue weighted by molar-refractivity contribution is 7.13. The van der Waals surface area contributed by atoms with Crippen LogP contribution in [0.2, 0.25) is 0 Å². The van der Waals surface area contributed by atoms with E-state index in [2.05, 4.69) is 15.0 Å². The molecule has 4 aromatic rings. The zero-order valence-electron chi connectivity index (χ0n) is 19.1. The van der Waals surface area contributed by atoms with Crippen LogP contribution >= 0.6 is 11.3 Å². The van der Waals surface area contributed by atoms with Gasteiger partial charge in [0.2, 0.25) is 5.78 Å². The zero-order valence-corrected chi connectivity index (χ0v) is 19.9. The van der Waals surface area contributed by atoms with Gasteiger partial charge in [-0.3, -0.25) is 4.79 Å². The number of benzene rings is 1. The van der Waals surface area contributed by atoms with Crippen molar-refractivity contribution in [1.29, 1.82) is 0 Å². The number of para-hydroxylation sites is 2. The number of ether oxygens (including phenoxy) is 3. The molecule has 0 radical (unpaired) electrons. The summed E-state index contributed by atoms with van der Waals surface area (Å²) in [5.74, 6) is 0.906. The Morgan fingerprint density at radius 2 is 1.91 bits per heavy atom. The molecule has 1 atom stereocenters. The minimum atomic E-state index is -0.669. The Morgan fingerprint density at radius 3 is 2.71 bits per heavy atom. The van der Waals surface area contributed by atoms with Gasteiger partial charge in [0, 0.05) is 34.7 Å². The quantitative estimate of drug-likeness (QED) is 0.284. The first-order valence-electron chi connectivity index (χ1n) is 11.0. The van der Waals surface area contributed by atoms with Crippen LogP contribution < -0.4 is 9.47 Å². The smallest absolute Gasteiger partial charge is 0.358 e. The predicted octanol–water partition coefficient (Wildman–Crippen LogP) is 3.90. The van der Waals surface area contributed by atoms with E-state index in [1.807, 2.05) is 42.7 Å². The van der Waals surface area contributed by atoms with Crippen LogP contribution in [-0.4, -0.2) is 50.6 Å². The first kappa shape index (κ1) is 22.7. The molecule has 0 fully saturated rings. The number of ketones is 1. The van der Waals surface area contributed by atoms with E-state index in [1.54, 1.807) is 29.9 Å². The number of carbonyl (C=O) groups excluding carboxylic acids is 2. The summed E-state index contributed by atoms with van der Waals surface area (Å²) in [6, 6.07) is 11.0. The second-order valence-corrected chi connectivity index (χ2v) is 8.86. The standard InChI is InChI=1S/C25H22N4O5S/c1-15-10-18(16(2)29(15)11-17-12-32-21-6-3-4-7-22(21)34-17)20(30)13-33-25(31)19-14-35-24(28-19)23-26-8-5-9-27-23/h3-10,14,17H,11-13H2,1-2H3. The molecular weight excluding hydrogens is 468 g/mol. The fraction of sp³-hybridized carbons (Fsp3) is 0.240. The number of thiazole rings is 1. The average molecular weight is 491 g/mol. The maximum absolute atomic E-state index is 12.9. The van der Waals surface area contributed by atoms with Gasteiger partial charge in [-0.2, -0.15) is 0 Å². The SMILES string of the molecule is Cc1cc(C(=O)COC(=O)c2csc(-c3ncccn3)n2)c(C)n1CC1COc2ccccc2O1. The van der Waals surface area contributed by atoms with Gasteiger partial charge in [0.15, 0.2) is 40.7 Å². The molecule has 0 saturated heterocycles. The molecule has 1 aromatic carbocycles. The third-order valence-electron chi connectivity index (χ3n) is 5.63. The zero-order chi connectivity index (χ0) is 24.4. The van der Waals surface area contributed by atoms with Gasteiger partial charge in [-0.25, -0.2) is 19.7 Å². The van der Waals surface area contributed by atoms with Crippen molar-refractivity contribution in [2.45, 2.75) is 26.5 Å². The summed E-state index contributed by atoms with van der Waals surface area (Å²) in [5, 5.41) is 2.07. The third kappa shape index (κ3) is 4.78. The van der Waals surface area contributed by atoms with E-state index in [1.165, 1.54) is 11.3 Å². The van der Waals surface area contributed by atoms with Crippen molar-refractivity contribution in [3.05, 3.63) is 76.8 Å². The van der Waals surface area contributed by atoms with Crippen molar-refractivity contribution in [3.63, 3.8) is 0 Å². The van der Waals surface area contributed by atoms with Crippen molar-refractivity contribution in [1.82, 2.24) is 19.5 Å². The van der Waals surface area contributed by atoms with Gasteiger partial charge in [-0.1, -0.05) is 12.1 Å². The minimum absolute atomic E-state index is 0.116. The van der Waals surface area contributed by atoms with Crippen molar-refractivity contribution >= 4 is 23.1 Å². The normalized spacial score (nSPS) is 14.5. The number of aryl methyl sites for hydroxylation is 1. The molecule has 0 amide bonds. The molecule has 0 saturated carbocycles. The van der Waals surface area contributed by atoms with Crippen LogP contribution in [0.25, 0.3) is 10.8 Å². The number of Topliss-reactive ketones (excluding diaryl/α,β-unsaturated/α-hetero) is 1. The van der Waals surface area contributed by atoms with Crippen molar-refractivity contribution in [2.75, 3.05) is 13.2 Å². The number of aromatic nitrogens is 4.